The molecule has 8 nitrogen and oxygen atoms in total. The number of aromatic amines is 1. The number of hydrogen-bond donors (Lipinski definition) is 2. The van der Waals surface area contributed by atoms with Crippen LogP contribution in [-0.2, 0) is 27.9 Å². The van der Waals surface area contributed by atoms with Gasteiger partial charge in [-0.2, -0.15) is 9.40 Å². The van der Waals surface area contributed by atoms with Gasteiger partial charge in [0.15, 0.2) is 0 Å². The first-order valence-electron chi connectivity index (χ1n) is 6.84. The van der Waals surface area contributed by atoms with E-state index in [2.05, 4.69) is 20.5 Å². The highest BCUT2D eigenvalue weighted by atomic mass is 32.2. The van der Waals surface area contributed by atoms with Crippen LogP contribution < -0.4 is 5.32 Å². The number of pyridine rings is 1. The van der Waals surface area contributed by atoms with Crippen molar-refractivity contribution in [1.29, 1.82) is 0 Å². The van der Waals surface area contributed by atoms with Gasteiger partial charge in [0.25, 0.3) is 0 Å². The molecular formula is C14H15N5O3S. The summed E-state index contributed by atoms with van der Waals surface area (Å²) in [4.78, 5) is 15.9. The molecular weight excluding hydrogens is 318 g/mol. The standard InChI is InChI=1S/C14H15N5O3S/c1-23(21,22)19-8-11-12(9-19)17-18-14(11)16-13(20)3-2-10-4-6-15-7-5-10/h2-7H,8-9H2,1H3,(H2,16,17,18,20)/b3-2-. The van der Waals surface area contributed by atoms with Crippen molar-refractivity contribution in [1.82, 2.24) is 19.5 Å². The van der Waals surface area contributed by atoms with E-state index in [1.54, 1.807) is 30.6 Å². The SMILES string of the molecule is CS(=O)(=O)N1Cc2n[nH]c(NC(=O)/C=C\c3ccncc3)c2C1. The Morgan fingerprint density at radius 3 is 2.78 bits per heavy atom. The minimum absolute atomic E-state index is 0.203. The van der Waals surface area contributed by atoms with Gasteiger partial charge < -0.3 is 5.32 Å². The Balaban J connectivity index is 1.69. The van der Waals surface area contributed by atoms with Crippen LogP contribution in [0.3, 0.4) is 0 Å². The number of nitrogens with one attached hydrogen (secondary N) is 2. The first-order valence-corrected chi connectivity index (χ1v) is 8.68. The Labute approximate surface area is 133 Å². The molecule has 0 fully saturated rings. The van der Waals surface area contributed by atoms with Crippen LogP contribution in [0.25, 0.3) is 6.08 Å². The zero-order chi connectivity index (χ0) is 16.4. The van der Waals surface area contributed by atoms with Crippen LogP contribution in [0.2, 0.25) is 0 Å². The van der Waals surface area contributed by atoms with Crippen LogP contribution in [0.5, 0.6) is 0 Å². The highest BCUT2D eigenvalue weighted by Crippen LogP contribution is 2.28. The van der Waals surface area contributed by atoms with Crippen molar-refractivity contribution in [3.63, 3.8) is 0 Å². The van der Waals surface area contributed by atoms with Gasteiger partial charge in [0.1, 0.15) is 5.82 Å². The molecule has 2 N–H and O–H groups in total. The molecule has 0 bridgehead atoms. The minimum atomic E-state index is -3.28. The highest BCUT2D eigenvalue weighted by molar-refractivity contribution is 7.88. The molecule has 2 aromatic rings. The Morgan fingerprint density at radius 2 is 2.09 bits per heavy atom. The number of carbonyl (C=O) groups is 1. The number of carbonyl (C=O) groups excluding carboxylic acids is 1. The molecule has 9 heteroatoms. The molecule has 0 aliphatic carbocycles. The van der Waals surface area contributed by atoms with Crippen molar-refractivity contribution in [2.75, 3.05) is 11.6 Å². The zero-order valence-corrected chi connectivity index (χ0v) is 13.2. The summed E-state index contributed by atoms with van der Waals surface area (Å²) in [7, 11) is -3.28. The van der Waals surface area contributed by atoms with Crippen LogP contribution in [0.4, 0.5) is 5.82 Å². The molecule has 2 aromatic heterocycles. The van der Waals surface area contributed by atoms with Crippen LogP contribution in [0, 0.1) is 0 Å². The highest BCUT2D eigenvalue weighted by Gasteiger charge is 2.30. The fourth-order valence-electron chi connectivity index (χ4n) is 2.25. The van der Waals surface area contributed by atoms with Gasteiger partial charge >= 0.3 is 0 Å². The predicted molar refractivity (Wildman–Crippen MR) is 84.6 cm³/mol. The van der Waals surface area contributed by atoms with Crippen molar-refractivity contribution < 1.29 is 13.2 Å². The van der Waals surface area contributed by atoms with Crippen molar-refractivity contribution >= 4 is 27.8 Å². The fraction of sp³-hybridized carbons (Fsp3) is 0.214. The van der Waals surface area contributed by atoms with Gasteiger partial charge in [-0.1, -0.05) is 0 Å². The minimum Gasteiger partial charge on any atom is -0.307 e. The molecule has 0 saturated heterocycles. The molecule has 0 radical (unpaired) electrons. The molecule has 0 spiro atoms. The molecule has 1 aliphatic rings. The second kappa shape index (κ2) is 5.94. The molecule has 1 aliphatic heterocycles. The second-order valence-corrected chi connectivity index (χ2v) is 7.14. The summed E-state index contributed by atoms with van der Waals surface area (Å²) in [5, 5.41) is 9.47. The quantitative estimate of drug-likeness (QED) is 0.802. The van der Waals surface area contributed by atoms with Gasteiger partial charge in [0.2, 0.25) is 15.9 Å². The molecule has 3 heterocycles. The average Bonchev–Trinajstić information content (AvgIpc) is 3.08. The van der Waals surface area contributed by atoms with Crippen molar-refractivity contribution in [3.8, 4) is 0 Å². The molecule has 1 amide bonds. The average molecular weight is 333 g/mol. The van der Waals surface area contributed by atoms with Crippen LogP contribution in [0.1, 0.15) is 16.8 Å². The van der Waals surface area contributed by atoms with E-state index in [4.69, 9.17) is 0 Å². The Hall–Kier alpha value is -2.52. The van der Waals surface area contributed by atoms with E-state index in [1.807, 2.05) is 0 Å². The number of fused-ring (bicyclic) bond motifs is 1. The predicted octanol–water partition coefficient (Wildman–Crippen LogP) is 0.732. The molecule has 0 unspecified atom stereocenters. The maximum absolute atomic E-state index is 12.0. The Morgan fingerprint density at radius 1 is 1.35 bits per heavy atom. The Kier molecular flexibility index (Phi) is 3.97. The van der Waals surface area contributed by atoms with Crippen molar-refractivity contribution in [2.45, 2.75) is 13.1 Å². The van der Waals surface area contributed by atoms with Gasteiger partial charge in [-0.25, -0.2) is 8.42 Å². The molecule has 0 saturated carbocycles. The lowest BCUT2D eigenvalue weighted by Crippen LogP contribution is -2.24. The maximum Gasteiger partial charge on any atom is 0.249 e. The zero-order valence-electron chi connectivity index (χ0n) is 12.4. The first-order chi connectivity index (χ1) is 10.9. The van der Waals surface area contributed by atoms with Crippen LogP contribution in [-0.4, -0.2) is 40.1 Å². The number of amides is 1. The Bertz CT molecular complexity index is 858. The summed E-state index contributed by atoms with van der Waals surface area (Å²) < 4.78 is 24.5. The number of H-pyrrole nitrogens is 1. The van der Waals surface area contributed by atoms with E-state index < -0.39 is 10.0 Å². The summed E-state index contributed by atoms with van der Waals surface area (Å²) in [5.41, 5.74) is 2.18. The van der Waals surface area contributed by atoms with Crippen LogP contribution >= 0.6 is 0 Å². The number of aromatic nitrogens is 3. The van der Waals surface area contributed by atoms with Gasteiger partial charge in [0.05, 0.1) is 18.5 Å². The smallest absolute Gasteiger partial charge is 0.249 e. The first kappa shape index (κ1) is 15.4. The summed E-state index contributed by atoms with van der Waals surface area (Å²) >= 11 is 0. The van der Waals surface area contributed by atoms with E-state index in [1.165, 1.54) is 10.4 Å². The van der Waals surface area contributed by atoms with E-state index >= 15 is 0 Å². The van der Waals surface area contributed by atoms with Crippen LogP contribution in [0.15, 0.2) is 30.6 Å². The summed E-state index contributed by atoms with van der Waals surface area (Å²) in [6, 6.07) is 3.56. The third kappa shape index (κ3) is 3.46. The topological polar surface area (TPSA) is 108 Å². The van der Waals surface area contributed by atoms with Gasteiger partial charge in [-0.3, -0.25) is 14.9 Å². The maximum atomic E-state index is 12.0. The molecule has 0 atom stereocenters. The fourth-order valence-corrected chi connectivity index (χ4v) is 2.97. The van der Waals surface area contributed by atoms with Gasteiger partial charge in [0, 0.05) is 30.6 Å². The largest absolute Gasteiger partial charge is 0.307 e. The molecule has 0 aromatic carbocycles. The monoisotopic (exact) mass is 333 g/mol. The third-order valence-corrected chi connectivity index (χ3v) is 4.66. The number of hydrogen-bond acceptors (Lipinski definition) is 5. The molecule has 23 heavy (non-hydrogen) atoms. The molecule has 120 valence electrons. The third-order valence-electron chi connectivity index (χ3n) is 3.46. The summed E-state index contributed by atoms with van der Waals surface area (Å²) in [6.45, 7) is 0.418. The van der Waals surface area contributed by atoms with E-state index in [0.717, 1.165) is 11.8 Å². The number of sulfonamides is 1. The normalized spacial score (nSPS) is 15.0. The number of nitrogens with zero attached hydrogens (tertiary/aromatic N) is 3. The van der Waals surface area contributed by atoms with Crippen molar-refractivity contribution in [3.05, 3.63) is 47.4 Å². The number of rotatable bonds is 4. The van der Waals surface area contributed by atoms with Gasteiger partial charge in [-0.05, 0) is 23.8 Å². The lowest BCUT2D eigenvalue weighted by Gasteiger charge is -2.11. The van der Waals surface area contributed by atoms with E-state index in [-0.39, 0.29) is 19.0 Å². The second-order valence-electron chi connectivity index (χ2n) is 5.16. The van der Waals surface area contributed by atoms with E-state index in [0.29, 0.717) is 17.1 Å². The number of anilines is 1. The van der Waals surface area contributed by atoms with Crippen molar-refractivity contribution in [2.24, 2.45) is 0 Å². The molecule has 3 rings (SSSR count). The van der Waals surface area contributed by atoms with E-state index in [9.17, 15) is 13.2 Å². The van der Waals surface area contributed by atoms with Gasteiger partial charge in [-0.15, -0.1) is 0 Å². The summed E-state index contributed by atoms with van der Waals surface area (Å²) in [6.07, 6.45) is 7.48. The lowest BCUT2D eigenvalue weighted by molar-refractivity contribution is -0.111. The summed E-state index contributed by atoms with van der Waals surface area (Å²) in [5.74, 6) is 0.0987. The lowest BCUT2D eigenvalue weighted by atomic mass is 10.2.